The summed E-state index contributed by atoms with van der Waals surface area (Å²) in [5.41, 5.74) is 1.14. The molecule has 1 heterocycles. The molecule has 0 radical (unpaired) electrons. The Morgan fingerprint density at radius 3 is 2.64 bits per heavy atom. The van der Waals surface area contributed by atoms with Gasteiger partial charge in [-0.2, -0.15) is 5.10 Å². The lowest BCUT2D eigenvalue weighted by Crippen LogP contribution is -2.16. The first kappa shape index (κ1) is 15.8. The molecule has 116 valence electrons. The third-order valence-corrected chi connectivity index (χ3v) is 3.40. The fourth-order valence-corrected chi connectivity index (χ4v) is 2.30. The first-order valence-corrected chi connectivity index (χ1v) is 7.18. The average Bonchev–Trinajstić information content (AvgIpc) is 2.91. The van der Waals surface area contributed by atoms with Gasteiger partial charge in [0.15, 0.2) is 5.82 Å². The van der Waals surface area contributed by atoms with Gasteiger partial charge in [0, 0.05) is 18.7 Å². The summed E-state index contributed by atoms with van der Waals surface area (Å²) in [7, 11) is 0. The van der Waals surface area contributed by atoms with E-state index in [4.69, 9.17) is 5.11 Å². The number of amides is 1. The topological polar surface area (TPSA) is 84.2 Å². The highest BCUT2D eigenvalue weighted by Gasteiger charge is 2.15. The third-order valence-electron chi connectivity index (χ3n) is 3.40. The zero-order valence-corrected chi connectivity index (χ0v) is 12.4. The van der Waals surface area contributed by atoms with Gasteiger partial charge in [0.2, 0.25) is 5.91 Å². The maximum atomic E-state index is 12.1. The molecular weight excluding hydrogens is 282 g/mol. The van der Waals surface area contributed by atoms with Crippen LogP contribution in [0, 0.1) is 0 Å². The average molecular weight is 301 g/mol. The molecule has 0 saturated heterocycles. The van der Waals surface area contributed by atoms with Crippen molar-refractivity contribution < 1.29 is 14.7 Å². The van der Waals surface area contributed by atoms with Crippen molar-refractivity contribution in [1.82, 2.24) is 9.78 Å². The van der Waals surface area contributed by atoms with Crippen LogP contribution in [0.1, 0.15) is 31.2 Å². The number of aliphatic carboxylic acids is 1. The minimum absolute atomic E-state index is 0.128. The zero-order chi connectivity index (χ0) is 15.9. The second-order valence-electron chi connectivity index (χ2n) is 5.06. The molecule has 6 nitrogen and oxygen atoms in total. The number of benzene rings is 1. The summed E-state index contributed by atoms with van der Waals surface area (Å²) in [4.78, 5) is 22.7. The van der Waals surface area contributed by atoms with Crippen LogP contribution in [0.5, 0.6) is 0 Å². The van der Waals surface area contributed by atoms with Gasteiger partial charge in [-0.05, 0) is 17.9 Å². The lowest BCUT2D eigenvalue weighted by Gasteiger charge is -2.14. The van der Waals surface area contributed by atoms with Crippen LogP contribution >= 0.6 is 0 Å². The number of rotatable bonds is 7. The molecule has 0 aliphatic carbocycles. The largest absolute Gasteiger partial charge is 0.480 e. The van der Waals surface area contributed by atoms with E-state index < -0.39 is 5.97 Å². The van der Waals surface area contributed by atoms with E-state index in [1.807, 2.05) is 37.3 Å². The Labute approximate surface area is 128 Å². The lowest BCUT2D eigenvalue weighted by molar-refractivity contribution is -0.137. The summed E-state index contributed by atoms with van der Waals surface area (Å²) in [5.74, 6) is -0.580. The van der Waals surface area contributed by atoms with Crippen LogP contribution in [0.2, 0.25) is 0 Å². The van der Waals surface area contributed by atoms with Crippen LogP contribution < -0.4 is 5.32 Å². The molecule has 2 N–H and O–H groups in total. The summed E-state index contributed by atoms with van der Waals surface area (Å²) < 4.78 is 1.27. The number of hydrogen-bond acceptors (Lipinski definition) is 3. The molecule has 0 fully saturated rings. The van der Waals surface area contributed by atoms with E-state index in [2.05, 4.69) is 10.4 Å². The van der Waals surface area contributed by atoms with Gasteiger partial charge >= 0.3 is 5.97 Å². The fourth-order valence-electron chi connectivity index (χ4n) is 2.30. The molecular formula is C16H19N3O3. The highest BCUT2D eigenvalue weighted by atomic mass is 16.4. The Morgan fingerprint density at radius 1 is 1.27 bits per heavy atom. The van der Waals surface area contributed by atoms with E-state index >= 15 is 0 Å². The van der Waals surface area contributed by atoms with Gasteiger partial charge in [0.05, 0.1) is 0 Å². The number of nitrogens with zero attached hydrogens (tertiary/aromatic N) is 2. The van der Waals surface area contributed by atoms with Gasteiger partial charge in [0.1, 0.15) is 6.54 Å². The Hall–Kier alpha value is -2.63. The molecule has 0 saturated carbocycles. The van der Waals surface area contributed by atoms with Crippen molar-refractivity contribution in [3.8, 4) is 0 Å². The number of carbonyl (C=O) groups excluding carboxylic acids is 1. The molecule has 2 rings (SSSR count). The minimum atomic E-state index is -0.976. The SMILES string of the molecule is CCC(CC(=O)Nc1ccn(CC(=O)O)n1)c1ccccc1. The first-order valence-electron chi connectivity index (χ1n) is 7.18. The van der Waals surface area contributed by atoms with Crippen LogP contribution in [0.3, 0.4) is 0 Å². The molecule has 1 atom stereocenters. The molecule has 6 heteroatoms. The quantitative estimate of drug-likeness (QED) is 0.823. The predicted octanol–water partition coefficient (Wildman–Crippen LogP) is 2.49. The summed E-state index contributed by atoms with van der Waals surface area (Å²) >= 11 is 0. The lowest BCUT2D eigenvalue weighted by atomic mass is 9.93. The summed E-state index contributed by atoms with van der Waals surface area (Å²) in [6.45, 7) is 1.82. The second-order valence-corrected chi connectivity index (χ2v) is 5.06. The number of carboxylic acid groups (broad SMARTS) is 1. The minimum Gasteiger partial charge on any atom is -0.480 e. The van der Waals surface area contributed by atoms with Gasteiger partial charge in [0.25, 0.3) is 0 Å². The van der Waals surface area contributed by atoms with Crippen molar-refractivity contribution in [2.24, 2.45) is 0 Å². The number of carbonyl (C=O) groups is 2. The second kappa shape index (κ2) is 7.40. The van der Waals surface area contributed by atoms with Crippen molar-refractivity contribution in [2.75, 3.05) is 5.32 Å². The molecule has 0 spiro atoms. The van der Waals surface area contributed by atoms with Gasteiger partial charge in [-0.25, -0.2) is 0 Å². The molecule has 0 bridgehead atoms. The zero-order valence-electron chi connectivity index (χ0n) is 12.4. The van der Waals surface area contributed by atoms with Crippen LogP contribution in [0.15, 0.2) is 42.6 Å². The molecule has 0 aliphatic heterocycles. The first-order chi connectivity index (χ1) is 10.6. The van der Waals surface area contributed by atoms with E-state index in [9.17, 15) is 9.59 Å². The van der Waals surface area contributed by atoms with E-state index in [-0.39, 0.29) is 18.4 Å². The number of carboxylic acids is 1. The molecule has 0 aliphatic rings. The van der Waals surface area contributed by atoms with E-state index in [1.54, 1.807) is 6.07 Å². The Balaban J connectivity index is 1.94. The number of hydrogen-bond donors (Lipinski definition) is 2. The van der Waals surface area contributed by atoms with Crippen LogP contribution in [-0.4, -0.2) is 26.8 Å². The number of aromatic nitrogens is 2. The van der Waals surface area contributed by atoms with Gasteiger partial charge < -0.3 is 10.4 Å². The Bertz CT molecular complexity index is 637. The van der Waals surface area contributed by atoms with Crippen molar-refractivity contribution in [3.05, 3.63) is 48.2 Å². The fraction of sp³-hybridized carbons (Fsp3) is 0.312. The number of nitrogens with one attached hydrogen (secondary N) is 1. The van der Waals surface area contributed by atoms with Crippen LogP contribution in [0.4, 0.5) is 5.82 Å². The smallest absolute Gasteiger partial charge is 0.325 e. The highest BCUT2D eigenvalue weighted by Crippen LogP contribution is 2.23. The maximum Gasteiger partial charge on any atom is 0.325 e. The van der Waals surface area contributed by atoms with Crippen molar-refractivity contribution in [3.63, 3.8) is 0 Å². The monoisotopic (exact) mass is 301 g/mol. The summed E-state index contributed by atoms with van der Waals surface area (Å²) in [6.07, 6.45) is 2.76. The van der Waals surface area contributed by atoms with E-state index in [1.165, 1.54) is 10.9 Å². The van der Waals surface area contributed by atoms with E-state index in [0.717, 1.165) is 12.0 Å². The molecule has 1 amide bonds. The molecule has 1 aromatic heterocycles. The molecule has 22 heavy (non-hydrogen) atoms. The van der Waals surface area contributed by atoms with Gasteiger partial charge in [-0.3, -0.25) is 14.3 Å². The highest BCUT2D eigenvalue weighted by molar-refractivity contribution is 5.90. The predicted molar refractivity (Wildman–Crippen MR) is 82.6 cm³/mol. The maximum absolute atomic E-state index is 12.1. The molecule has 2 aromatic rings. The van der Waals surface area contributed by atoms with Crippen LogP contribution in [-0.2, 0) is 16.1 Å². The third kappa shape index (κ3) is 4.44. The molecule has 1 aromatic carbocycles. The van der Waals surface area contributed by atoms with E-state index in [0.29, 0.717) is 12.2 Å². The van der Waals surface area contributed by atoms with Crippen LogP contribution in [0.25, 0.3) is 0 Å². The number of anilines is 1. The van der Waals surface area contributed by atoms with Crippen molar-refractivity contribution in [2.45, 2.75) is 32.2 Å². The van der Waals surface area contributed by atoms with Crippen molar-refractivity contribution >= 4 is 17.7 Å². The Morgan fingerprint density at radius 2 is 2.00 bits per heavy atom. The normalized spacial score (nSPS) is 11.9. The standard InChI is InChI=1S/C16H19N3O3/c1-2-12(13-6-4-3-5-7-13)10-15(20)17-14-8-9-19(18-14)11-16(21)22/h3-9,12H,2,10-11H2,1H3,(H,21,22)(H,17,18,20). The van der Waals surface area contributed by atoms with Gasteiger partial charge in [-0.1, -0.05) is 37.3 Å². The molecule has 1 unspecified atom stereocenters. The van der Waals surface area contributed by atoms with Gasteiger partial charge in [-0.15, -0.1) is 0 Å². The summed E-state index contributed by atoms with van der Waals surface area (Å²) in [6, 6.07) is 11.5. The summed E-state index contributed by atoms with van der Waals surface area (Å²) in [5, 5.41) is 15.4. The Kier molecular flexibility index (Phi) is 5.30. The van der Waals surface area contributed by atoms with Crippen molar-refractivity contribution in [1.29, 1.82) is 0 Å².